The van der Waals surface area contributed by atoms with E-state index in [4.69, 9.17) is 23.2 Å². The van der Waals surface area contributed by atoms with E-state index in [2.05, 4.69) is 10.3 Å². The molecule has 23 heavy (non-hydrogen) atoms. The predicted molar refractivity (Wildman–Crippen MR) is 99.6 cm³/mol. The molecule has 2 heterocycles. The van der Waals surface area contributed by atoms with Crippen molar-refractivity contribution in [3.63, 3.8) is 0 Å². The van der Waals surface area contributed by atoms with Gasteiger partial charge in [-0.05, 0) is 17.7 Å². The van der Waals surface area contributed by atoms with Crippen molar-refractivity contribution in [2.45, 2.75) is 0 Å². The molecule has 3 rings (SSSR count). The lowest BCUT2D eigenvalue weighted by molar-refractivity contribution is -0.111. The SMILES string of the molecule is O=C(C=Cc1ccccc1)Nc1nc(-c2cc(Cl)sc2Cl)cs1. The zero-order valence-electron chi connectivity index (χ0n) is 11.6. The van der Waals surface area contributed by atoms with Gasteiger partial charge in [-0.25, -0.2) is 4.98 Å². The highest BCUT2D eigenvalue weighted by molar-refractivity contribution is 7.20. The number of carbonyl (C=O) groups excluding carboxylic acids is 1. The first-order chi connectivity index (χ1) is 11.1. The topological polar surface area (TPSA) is 42.0 Å². The Morgan fingerprint density at radius 2 is 2.00 bits per heavy atom. The van der Waals surface area contributed by atoms with Crippen LogP contribution in [0.1, 0.15) is 5.56 Å². The predicted octanol–water partition coefficient (Wildman–Crippen LogP) is 5.83. The maximum atomic E-state index is 11.9. The van der Waals surface area contributed by atoms with Gasteiger partial charge in [0, 0.05) is 17.0 Å². The summed E-state index contributed by atoms with van der Waals surface area (Å²) in [6.45, 7) is 0. The van der Waals surface area contributed by atoms with E-state index in [9.17, 15) is 4.79 Å². The molecule has 0 bridgehead atoms. The number of carbonyl (C=O) groups is 1. The van der Waals surface area contributed by atoms with Crippen molar-refractivity contribution in [1.29, 1.82) is 0 Å². The maximum Gasteiger partial charge on any atom is 0.250 e. The molecule has 0 spiro atoms. The maximum absolute atomic E-state index is 11.9. The van der Waals surface area contributed by atoms with Gasteiger partial charge in [0.25, 0.3) is 0 Å². The van der Waals surface area contributed by atoms with Gasteiger partial charge in [0.2, 0.25) is 5.91 Å². The number of halogens is 2. The van der Waals surface area contributed by atoms with Crippen LogP contribution in [0.5, 0.6) is 0 Å². The number of benzene rings is 1. The van der Waals surface area contributed by atoms with Crippen LogP contribution in [0.15, 0.2) is 47.9 Å². The third kappa shape index (κ3) is 4.20. The first kappa shape index (κ1) is 16.2. The lowest BCUT2D eigenvalue weighted by Crippen LogP contribution is -2.07. The first-order valence-electron chi connectivity index (χ1n) is 6.56. The molecule has 0 radical (unpaired) electrons. The van der Waals surface area contributed by atoms with Crippen molar-refractivity contribution in [2.75, 3.05) is 5.32 Å². The average Bonchev–Trinajstić information content (AvgIpc) is 3.12. The standard InChI is InChI=1S/C16H10Cl2N2OS2/c17-13-8-11(15(18)23-13)12-9-22-16(19-12)20-14(21)7-6-10-4-2-1-3-5-10/h1-9H,(H,19,20,21). The lowest BCUT2D eigenvalue weighted by atomic mass is 10.2. The minimum absolute atomic E-state index is 0.232. The Balaban J connectivity index is 1.68. The highest BCUT2D eigenvalue weighted by Gasteiger charge is 2.12. The number of rotatable bonds is 4. The van der Waals surface area contributed by atoms with Gasteiger partial charge < -0.3 is 0 Å². The van der Waals surface area contributed by atoms with Crippen molar-refractivity contribution in [3.8, 4) is 11.3 Å². The van der Waals surface area contributed by atoms with E-state index in [1.54, 1.807) is 12.1 Å². The molecule has 3 aromatic rings. The molecule has 0 saturated heterocycles. The highest BCUT2D eigenvalue weighted by atomic mass is 35.5. The molecule has 0 saturated carbocycles. The third-order valence-corrected chi connectivity index (χ3v) is 5.14. The summed E-state index contributed by atoms with van der Waals surface area (Å²) in [7, 11) is 0. The molecule has 0 atom stereocenters. The van der Waals surface area contributed by atoms with Gasteiger partial charge in [-0.1, -0.05) is 53.5 Å². The van der Waals surface area contributed by atoms with Gasteiger partial charge in [-0.15, -0.1) is 22.7 Å². The van der Waals surface area contributed by atoms with Gasteiger partial charge in [-0.3, -0.25) is 10.1 Å². The third-order valence-electron chi connectivity index (χ3n) is 2.89. The highest BCUT2D eigenvalue weighted by Crippen LogP contribution is 2.38. The van der Waals surface area contributed by atoms with E-state index in [0.717, 1.165) is 11.1 Å². The quantitative estimate of drug-likeness (QED) is 0.578. The Hall–Kier alpha value is -1.66. The van der Waals surface area contributed by atoms with Gasteiger partial charge in [0.05, 0.1) is 10.0 Å². The van der Waals surface area contributed by atoms with Crippen molar-refractivity contribution in [3.05, 3.63) is 62.1 Å². The zero-order valence-corrected chi connectivity index (χ0v) is 14.8. The van der Waals surface area contributed by atoms with Crippen LogP contribution in [0.4, 0.5) is 5.13 Å². The fourth-order valence-electron chi connectivity index (χ4n) is 1.85. The second-order valence-electron chi connectivity index (χ2n) is 4.51. The summed E-state index contributed by atoms with van der Waals surface area (Å²) in [5, 5.41) is 5.09. The first-order valence-corrected chi connectivity index (χ1v) is 9.02. The van der Waals surface area contributed by atoms with E-state index in [1.807, 2.05) is 35.7 Å². The van der Waals surface area contributed by atoms with Crippen LogP contribution in [-0.4, -0.2) is 10.9 Å². The van der Waals surface area contributed by atoms with E-state index < -0.39 is 0 Å². The number of hydrogen-bond acceptors (Lipinski definition) is 4. The van der Waals surface area contributed by atoms with Gasteiger partial charge >= 0.3 is 0 Å². The van der Waals surface area contributed by atoms with Gasteiger partial charge in [0.15, 0.2) is 5.13 Å². The summed E-state index contributed by atoms with van der Waals surface area (Å²) in [6, 6.07) is 11.4. The average molecular weight is 381 g/mol. The Morgan fingerprint density at radius 1 is 1.22 bits per heavy atom. The fourth-order valence-corrected chi connectivity index (χ4v) is 4.05. The molecule has 0 aliphatic rings. The monoisotopic (exact) mass is 380 g/mol. The molecular weight excluding hydrogens is 371 g/mol. The van der Waals surface area contributed by atoms with E-state index in [-0.39, 0.29) is 5.91 Å². The van der Waals surface area contributed by atoms with E-state index in [1.165, 1.54) is 28.7 Å². The Labute approximate surface area is 151 Å². The Morgan fingerprint density at radius 3 is 2.70 bits per heavy atom. The molecule has 7 heteroatoms. The molecule has 1 N–H and O–H groups in total. The second kappa shape index (κ2) is 7.27. The van der Waals surface area contributed by atoms with E-state index in [0.29, 0.717) is 19.5 Å². The summed E-state index contributed by atoms with van der Waals surface area (Å²) in [5.41, 5.74) is 2.44. The second-order valence-corrected chi connectivity index (χ2v) is 7.65. The molecule has 0 aliphatic heterocycles. The van der Waals surface area contributed by atoms with Crippen molar-refractivity contribution < 1.29 is 4.79 Å². The van der Waals surface area contributed by atoms with Crippen molar-refractivity contribution in [1.82, 2.24) is 4.98 Å². The number of amides is 1. The molecule has 0 aliphatic carbocycles. The van der Waals surface area contributed by atoms with Crippen LogP contribution in [0.3, 0.4) is 0 Å². The number of thiophene rings is 1. The van der Waals surface area contributed by atoms with Crippen LogP contribution in [0.2, 0.25) is 8.67 Å². The number of anilines is 1. The molecule has 2 aromatic heterocycles. The van der Waals surface area contributed by atoms with Crippen LogP contribution < -0.4 is 5.32 Å². The van der Waals surface area contributed by atoms with Crippen LogP contribution >= 0.6 is 45.9 Å². The zero-order chi connectivity index (χ0) is 16.2. The summed E-state index contributed by atoms with van der Waals surface area (Å²) in [5.74, 6) is -0.232. The number of aromatic nitrogens is 1. The molecule has 0 unspecified atom stereocenters. The summed E-state index contributed by atoms with van der Waals surface area (Å²) in [4.78, 5) is 16.3. The molecule has 116 valence electrons. The molecule has 1 amide bonds. The summed E-state index contributed by atoms with van der Waals surface area (Å²) < 4.78 is 1.19. The lowest BCUT2D eigenvalue weighted by Gasteiger charge is -1.96. The normalized spacial score (nSPS) is 11.0. The smallest absolute Gasteiger partial charge is 0.250 e. The number of hydrogen-bond donors (Lipinski definition) is 1. The molecule has 3 nitrogen and oxygen atoms in total. The van der Waals surface area contributed by atoms with Crippen LogP contribution in [0.25, 0.3) is 17.3 Å². The minimum Gasteiger partial charge on any atom is -0.298 e. The number of nitrogens with one attached hydrogen (secondary N) is 1. The van der Waals surface area contributed by atoms with Crippen molar-refractivity contribution >= 4 is 63.0 Å². The minimum atomic E-state index is -0.232. The van der Waals surface area contributed by atoms with Crippen LogP contribution in [0, 0.1) is 0 Å². The summed E-state index contributed by atoms with van der Waals surface area (Å²) in [6.07, 6.45) is 3.23. The fraction of sp³-hybridized carbons (Fsp3) is 0. The molecule has 0 fully saturated rings. The van der Waals surface area contributed by atoms with Crippen molar-refractivity contribution in [2.24, 2.45) is 0 Å². The molecular formula is C16H10Cl2N2OS2. The number of nitrogens with zero attached hydrogens (tertiary/aromatic N) is 1. The van der Waals surface area contributed by atoms with Crippen LogP contribution in [-0.2, 0) is 4.79 Å². The Bertz CT molecular complexity index is 856. The van der Waals surface area contributed by atoms with Gasteiger partial charge in [0.1, 0.15) is 4.34 Å². The van der Waals surface area contributed by atoms with E-state index >= 15 is 0 Å². The summed E-state index contributed by atoms with van der Waals surface area (Å²) >= 11 is 14.7. The van der Waals surface area contributed by atoms with Gasteiger partial charge in [-0.2, -0.15) is 0 Å². The Kier molecular flexibility index (Phi) is 5.13. The molecule has 1 aromatic carbocycles. The largest absolute Gasteiger partial charge is 0.298 e. The number of thiazole rings is 1.